The van der Waals surface area contributed by atoms with E-state index in [1.807, 2.05) is 12.3 Å². The predicted molar refractivity (Wildman–Crippen MR) is 62.5 cm³/mol. The van der Waals surface area contributed by atoms with E-state index in [1.54, 1.807) is 36.2 Å². The number of pyridine rings is 1. The first-order valence-corrected chi connectivity index (χ1v) is 5.94. The van der Waals surface area contributed by atoms with E-state index in [0.29, 0.717) is 11.6 Å². The van der Waals surface area contributed by atoms with Crippen molar-refractivity contribution < 1.29 is 9.13 Å². The lowest BCUT2D eigenvalue weighted by atomic mass is 10.3. The normalized spacial score (nSPS) is 10.1. The molecule has 0 saturated heterocycles. The highest BCUT2D eigenvalue weighted by atomic mass is 32.2. The van der Waals surface area contributed by atoms with Gasteiger partial charge >= 0.3 is 0 Å². The average Bonchev–Trinajstić information content (AvgIpc) is 2.33. The molecule has 0 aliphatic rings. The van der Waals surface area contributed by atoms with E-state index in [9.17, 15) is 4.39 Å². The van der Waals surface area contributed by atoms with Gasteiger partial charge in [-0.1, -0.05) is 0 Å². The lowest BCUT2D eigenvalue weighted by Gasteiger charge is -2.04. The first kappa shape index (κ1) is 11.0. The smallest absolute Gasteiger partial charge is 0.219 e. The summed E-state index contributed by atoms with van der Waals surface area (Å²) in [5.41, 5.74) is 0. The molecule has 1 aromatic heterocycles. The van der Waals surface area contributed by atoms with Gasteiger partial charge < -0.3 is 4.74 Å². The Morgan fingerprint density at radius 1 is 1.12 bits per heavy atom. The fourth-order valence-electron chi connectivity index (χ4n) is 1.17. The first-order chi connectivity index (χ1) is 7.78. The number of aromatic nitrogens is 1. The highest BCUT2D eigenvalue weighted by Crippen LogP contribution is 2.21. The molecule has 4 heteroatoms. The first-order valence-electron chi connectivity index (χ1n) is 4.71. The van der Waals surface area contributed by atoms with Crippen LogP contribution in [0.1, 0.15) is 0 Å². The Bertz CT molecular complexity index is 455. The molecule has 0 unspecified atom stereocenters. The molecule has 2 nitrogen and oxygen atoms in total. The SMILES string of the molecule is CSc1ccc(Oc2ccc(F)cc2)nc1. The Kier molecular flexibility index (Phi) is 3.41. The highest BCUT2D eigenvalue weighted by molar-refractivity contribution is 7.98. The van der Waals surface area contributed by atoms with Crippen LogP contribution in [0.3, 0.4) is 0 Å². The van der Waals surface area contributed by atoms with Crippen LogP contribution in [-0.4, -0.2) is 11.2 Å². The molecular weight excluding hydrogens is 225 g/mol. The van der Waals surface area contributed by atoms with E-state index < -0.39 is 0 Å². The summed E-state index contributed by atoms with van der Waals surface area (Å²) in [4.78, 5) is 5.21. The molecule has 0 atom stereocenters. The molecule has 2 rings (SSSR count). The van der Waals surface area contributed by atoms with Crippen molar-refractivity contribution in [2.24, 2.45) is 0 Å². The zero-order chi connectivity index (χ0) is 11.4. The third kappa shape index (κ3) is 2.73. The molecule has 0 spiro atoms. The van der Waals surface area contributed by atoms with Crippen molar-refractivity contribution in [2.75, 3.05) is 6.26 Å². The van der Waals surface area contributed by atoms with Crippen LogP contribution in [0.5, 0.6) is 11.6 Å². The van der Waals surface area contributed by atoms with Crippen molar-refractivity contribution in [3.63, 3.8) is 0 Å². The van der Waals surface area contributed by atoms with E-state index in [-0.39, 0.29) is 5.82 Å². The van der Waals surface area contributed by atoms with Crippen molar-refractivity contribution >= 4 is 11.8 Å². The van der Waals surface area contributed by atoms with Gasteiger partial charge in [-0.3, -0.25) is 0 Å². The maximum atomic E-state index is 12.7. The summed E-state index contributed by atoms with van der Waals surface area (Å²) >= 11 is 1.62. The molecule has 82 valence electrons. The molecule has 16 heavy (non-hydrogen) atoms. The van der Waals surface area contributed by atoms with Gasteiger partial charge in [0.15, 0.2) is 0 Å². The van der Waals surface area contributed by atoms with Gasteiger partial charge in [-0.15, -0.1) is 11.8 Å². The molecule has 0 aliphatic carbocycles. The standard InChI is InChI=1S/C12H10FNOS/c1-16-11-6-7-12(14-8-11)15-10-4-2-9(13)3-5-10/h2-8H,1H3. The molecule has 0 aliphatic heterocycles. The topological polar surface area (TPSA) is 22.1 Å². The third-order valence-corrected chi connectivity index (χ3v) is 2.69. The number of hydrogen-bond donors (Lipinski definition) is 0. The maximum absolute atomic E-state index is 12.7. The number of benzene rings is 1. The molecule has 0 bridgehead atoms. The van der Waals surface area contributed by atoms with Gasteiger partial charge in [-0.2, -0.15) is 0 Å². The molecule has 0 amide bonds. The summed E-state index contributed by atoms with van der Waals surface area (Å²) in [5, 5.41) is 0. The fraction of sp³-hybridized carbons (Fsp3) is 0.0833. The highest BCUT2D eigenvalue weighted by Gasteiger charge is 1.99. The molecule has 1 aromatic carbocycles. The maximum Gasteiger partial charge on any atom is 0.219 e. The minimum atomic E-state index is -0.280. The van der Waals surface area contributed by atoms with Gasteiger partial charge in [-0.25, -0.2) is 9.37 Å². The number of nitrogens with zero attached hydrogens (tertiary/aromatic N) is 1. The average molecular weight is 235 g/mol. The fourth-order valence-corrected chi connectivity index (χ4v) is 1.53. The van der Waals surface area contributed by atoms with Gasteiger partial charge in [0.2, 0.25) is 5.88 Å². The number of ether oxygens (including phenoxy) is 1. The second kappa shape index (κ2) is 4.99. The van der Waals surface area contributed by atoms with Crippen LogP contribution in [0.4, 0.5) is 4.39 Å². The molecule has 0 saturated carbocycles. The van der Waals surface area contributed by atoms with Crippen molar-refractivity contribution in [3.8, 4) is 11.6 Å². The van der Waals surface area contributed by atoms with Gasteiger partial charge in [0.05, 0.1) is 0 Å². The largest absolute Gasteiger partial charge is 0.439 e. The molecule has 1 heterocycles. The lowest BCUT2D eigenvalue weighted by Crippen LogP contribution is -1.87. The van der Waals surface area contributed by atoms with E-state index in [0.717, 1.165) is 4.90 Å². The minimum absolute atomic E-state index is 0.280. The van der Waals surface area contributed by atoms with E-state index in [4.69, 9.17) is 4.74 Å². The van der Waals surface area contributed by atoms with Crippen LogP contribution < -0.4 is 4.74 Å². The van der Waals surface area contributed by atoms with Crippen molar-refractivity contribution in [2.45, 2.75) is 4.90 Å². The monoisotopic (exact) mass is 235 g/mol. The van der Waals surface area contributed by atoms with Crippen LogP contribution in [0.2, 0.25) is 0 Å². The number of hydrogen-bond acceptors (Lipinski definition) is 3. The summed E-state index contributed by atoms with van der Waals surface area (Å²) in [5.74, 6) is 0.799. The van der Waals surface area contributed by atoms with Crippen molar-refractivity contribution in [3.05, 3.63) is 48.4 Å². The number of thioether (sulfide) groups is 1. The second-order valence-electron chi connectivity index (χ2n) is 3.09. The minimum Gasteiger partial charge on any atom is -0.439 e. The lowest BCUT2D eigenvalue weighted by molar-refractivity contribution is 0.460. The second-order valence-corrected chi connectivity index (χ2v) is 3.97. The summed E-state index contributed by atoms with van der Waals surface area (Å²) in [6.45, 7) is 0. The van der Waals surface area contributed by atoms with Crippen molar-refractivity contribution in [1.29, 1.82) is 0 Å². The van der Waals surface area contributed by atoms with Gasteiger partial charge in [0.1, 0.15) is 11.6 Å². The van der Waals surface area contributed by atoms with Crippen molar-refractivity contribution in [1.82, 2.24) is 4.98 Å². The Morgan fingerprint density at radius 3 is 2.44 bits per heavy atom. The van der Waals surface area contributed by atoms with Gasteiger partial charge in [-0.05, 0) is 36.6 Å². The summed E-state index contributed by atoms with van der Waals surface area (Å²) in [7, 11) is 0. The predicted octanol–water partition coefficient (Wildman–Crippen LogP) is 3.73. The van der Waals surface area contributed by atoms with Crippen LogP contribution in [0.25, 0.3) is 0 Å². The van der Waals surface area contributed by atoms with E-state index in [1.165, 1.54) is 12.1 Å². The Morgan fingerprint density at radius 2 is 1.88 bits per heavy atom. The summed E-state index contributed by atoms with van der Waals surface area (Å²) in [6, 6.07) is 9.56. The van der Waals surface area contributed by atoms with Crippen LogP contribution in [-0.2, 0) is 0 Å². The van der Waals surface area contributed by atoms with Gasteiger partial charge in [0.25, 0.3) is 0 Å². The van der Waals surface area contributed by atoms with Crippen LogP contribution >= 0.6 is 11.8 Å². The Labute approximate surface area is 97.5 Å². The Hall–Kier alpha value is -1.55. The van der Waals surface area contributed by atoms with Crippen LogP contribution in [0, 0.1) is 5.82 Å². The molecular formula is C12H10FNOS. The quantitative estimate of drug-likeness (QED) is 0.757. The molecule has 0 N–H and O–H groups in total. The molecule has 0 fully saturated rings. The van der Waals surface area contributed by atoms with E-state index >= 15 is 0 Å². The molecule has 2 aromatic rings. The zero-order valence-electron chi connectivity index (χ0n) is 8.68. The van der Waals surface area contributed by atoms with Crippen LogP contribution in [0.15, 0.2) is 47.5 Å². The zero-order valence-corrected chi connectivity index (χ0v) is 9.50. The number of halogens is 1. The molecule has 0 radical (unpaired) electrons. The van der Waals surface area contributed by atoms with Gasteiger partial charge in [0, 0.05) is 17.2 Å². The van der Waals surface area contributed by atoms with E-state index in [2.05, 4.69) is 4.98 Å². The number of rotatable bonds is 3. The Balaban J connectivity index is 2.11. The summed E-state index contributed by atoms with van der Waals surface area (Å²) in [6.07, 6.45) is 3.72. The summed E-state index contributed by atoms with van der Waals surface area (Å²) < 4.78 is 18.1. The third-order valence-electron chi connectivity index (χ3n) is 1.98.